The molecule has 158 valence electrons. The number of ether oxygens (including phenoxy) is 1. The van der Waals surface area contributed by atoms with Gasteiger partial charge in [0, 0.05) is 25.7 Å². The highest BCUT2D eigenvalue weighted by Gasteiger charge is 2.39. The van der Waals surface area contributed by atoms with Crippen LogP contribution in [0.4, 0.5) is 13.2 Å². The van der Waals surface area contributed by atoms with Crippen LogP contribution in [0.2, 0.25) is 0 Å². The Bertz CT molecular complexity index is 783. The summed E-state index contributed by atoms with van der Waals surface area (Å²) < 4.78 is 68.0. The molecule has 2 rings (SSSR count). The van der Waals surface area contributed by atoms with Crippen LogP contribution in [0.15, 0.2) is 24.3 Å². The van der Waals surface area contributed by atoms with Crippen LogP contribution in [0.25, 0.3) is 0 Å². The number of hydrogen-bond donors (Lipinski definition) is 0. The van der Waals surface area contributed by atoms with Gasteiger partial charge in [-0.25, -0.2) is 8.42 Å². The lowest BCUT2D eigenvalue weighted by Gasteiger charge is -2.28. The molecule has 1 aromatic rings. The summed E-state index contributed by atoms with van der Waals surface area (Å²) in [7, 11) is -2.10. The third kappa shape index (κ3) is 5.84. The lowest BCUT2D eigenvalue weighted by atomic mass is 10.1. The minimum atomic E-state index is -4.84. The first-order chi connectivity index (χ1) is 13.0. The molecular formula is C18H25F3N2O4S. The molecule has 28 heavy (non-hydrogen) atoms. The predicted octanol–water partition coefficient (Wildman–Crippen LogP) is 3.14. The van der Waals surface area contributed by atoms with Crippen LogP contribution >= 0.6 is 0 Å². The summed E-state index contributed by atoms with van der Waals surface area (Å²) in [4.78, 5) is 14.1. The van der Waals surface area contributed by atoms with Gasteiger partial charge in [-0.05, 0) is 25.3 Å². The molecule has 1 aromatic carbocycles. The van der Waals surface area contributed by atoms with Gasteiger partial charge in [0.15, 0.2) is 0 Å². The minimum Gasteiger partial charge on any atom is -0.405 e. The van der Waals surface area contributed by atoms with Gasteiger partial charge in [-0.1, -0.05) is 31.5 Å². The molecule has 0 radical (unpaired) electrons. The molecule has 6 nitrogen and oxygen atoms in total. The van der Waals surface area contributed by atoms with E-state index in [9.17, 15) is 26.4 Å². The number of sulfonamides is 1. The molecular weight excluding hydrogens is 397 g/mol. The van der Waals surface area contributed by atoms with E-state index in [1.807, 2.05) is 6.92 Å². The monoisotopic (exact) mass is 422 g/mol. The Labute approximate surface area is 163 Å². The first-order valence-corrected chi connectivity index (χ1v) is 10.7. The molecule has 1 aliphatic heterocycles. The first-order valence-electron chi connectivity index (χ1n) is 9.13. The molecule has 1 amide bonds. The number of benzene rings is 1. The normalized spacial score (nSPS) is 18.2. The van der Waals surface area contributed by atoms with Gasteiger partial charge in [0.05, 0.1) is 5.75 Å². The molecule has 1 unspecified atom stereocenters. The smallest absolute Gasteiger partial charge is 0.405 e. The standard InChI is InChI=1S/C18H25F3N2O4S/c1-3-4-12-28(25,26)23-11-7-9-15(23)17(24)22(2)13-14-8-5-6-10-16(14)27-18(19,20)21/h5-6,8,10,15H,3-4,7,9,11-13H2,1-2H3. The number of carbonyl (C=O) groups is 1. The van der Waals surface area contributed by atoms with Crippen molar-refractivity contribution in [2.75, 3.05) is 19.3 Å². The largest absolute Gasteiger partial charge is 0.573 e. The molecule has 0 bridgehead atoms. The molecule has 1 atom stereocenters. The number of amides is 1. The van der Waals surface area contributed by atoms with Crippen LogP contribution in [0, 0.1) is 0 Å². The van der Waals surface area contributed by atoms with E-state index in [4.69, 9.17) is 0 Å². The van der Waals surface area contributed by atoms with Crippen LogP contribution in [-0.4, -0.2) is 55.3 Å². The molecule has 0 saturated carbocycles. The Hall–Kier alpha value is -1.81. The van der Waals surface area contributed by atoms with Gasteiger partial charge in [0.1, 0.15) is 11.8 Å². The summed E-state index contributed by atoms with van der Waals surface area (Å²) >= 11 is 0. The zero-order valence-corrected chi connectivity index (χ0v) is 16.7. The van der Waals surface area contributed by atoms with E-state index in [0.29, 0.717) is 19.3 Å². The van der Waals surface area contributed by atoms with Gasteiger partial charge in [0.2, 0.25) is 15.9 Å². The summed E-state index contributed by atoms with van der Waals surface area (Å²) in [5, 5.41) is 0. The van der Waals surface area contributed by atoms with Crippen LogP contribution in [0.3, 0.4) is 0 Å². The summed E-state index contributed by atoms with van der Waals surface area (Å²) in [6.45, 7) is 2.05. The highest BCUT2D eigenvalue weighted by Crippen LogP contribution is 2.28. The van der Waals surface area contributed by atoms with Gasteiger partial charge in [-0.15, -0.1) is 13.2 Å². The van der Waals surface area contributed by atoms with Gasteiger partial charge in [0.25, 0.3) is 0 Å². The van der Waals surface area contributed by atoms with E-state index in [1.165, 1.54) is 34.5 Å². The van der Waals surface area contributed by atoms with Crippen molar-refractivity contribution in [1.82, 2.24) is 9.21 Å². The number of carbonyl (C=O) groups excluding carboxylic acids is 1. The lowest BCUT2D eigenvalue weighted by molar-refractivity contribution is -0.275. The Morgan fingerprint density at radius 3 is 2.64 bits per heavy atom. The van der Waals surface area contributed by atoms with Crippen LogP contribution in [0.1, 0.15) is 38.2 Å². The number of rotatable bonds is 8. The topological polar surface area (TPSA) is 66.9 Å². The van der Waals surface area contributed by atoms with E-state index < -0.39 is 28.3 Å². The fraction of sp³-hybridized carbons (Fsp3) is 0.611. The highest BCUT2D eigenvalue weighted by atomic mass is 32.2. The number of halogens is 3. The van der Waals surface area contributed by atoms with Crippen molar-refractivity contribution in [2.45, 2.75) is 51.6 Å². The van der Waals surface area contributed by atoms with Crippen LogP contribution in [-0.2, 0) is 21.4 Å². The number of nitrogens with zero attached hydrogens (tertiary/aromatic N) is 2. The summed E-state index contributed by atoms with van der Waals surface area (Å²) in [6, 6.07) is 4.76. The average molecular weight is 422 g/mol. The molecule has 1 heterocycles. The zero-order chi connectivity index (χ0) is 20.9. The third-order valence-electron chi connectivity index (χ3n) is 4.58. The molecule has 0 aromatic heterocycles. The summed E-state index contributed by atoms with van der Waals surface area (Å²) in [5.74, 6) is -0.827. The quantitative estimate of drug-likeness (QED) is 0.646. The summed E-state index contributed by atoms with van der Waals surface area (Å²) in [5.41, 5.74) is 0.189. The second kappa shape index (κ2) is 9.13. The van der Waals surface area contributed by atoms with Crippen molar-refractivity contribution in [3.63, 3.8) is 0 Å². The van der Waals surface area contributed by atoms with Crippen molar-refractivity contribution >= 4 is 15.9 Å². The second-order valence-electron chi connectivity index (χ2n) is 6.79. The molecule has 10 heteroatoms. The highest BCUT2D eigenvalue weighted by molar-refractivity contribution is 7.89. The maximum Gasteiger partial charge on any atom is 0.573 e. The van der Waals surface area contributed by atoms with Gasteiger partial charge in [-0.2, -0.15) is 4.31 Å². The molecule has 1 fully saturated rings. The SMILES string of the molecule is CCCCS(=O)(=O)N1CCCC1C(=O)N(C)Cc1ccccc1OC(F)(F)F. The van der Waals surface area contributed by atoms with Crippen molar-refractivity contribution < 1.29 is 31.1 Å². The summed E-state index contributed by atoms with van der Waals surface area (Å²) in [6.07, 6.45) is -2.63. The zero-order valence-electron chi connectivity index (χ0n) is 15.9. The fourth-order valence-corrected chi connectivity index (χ4v) is 5.09. The number of hydrogen-bond acceptors (Lipinski definition) is 4. The van der Waals surface area contributed by atoms with Crippen molar-refractivity contribution in [3.8, 4) is 5.75 Å². The molecule has 0 aliphatic carbocycles. The Morgan fingerprint density at radius 1 is 1.32 bits per heavy atom. The first kappa shape index (κ1) is 22.5. The molecule has 0 spiro atoms. The van der Waals surface area contributed by atoms with E-state index in [2.05, 4.69) is 4.74 Å². The molecule has 1 saturated heterocycles. The number of unbranched alkanes of at least 4 members (excludes halogenated alkanes) is 1. The maximum atomic E-state index is 12.8. The lowest BCUT2D eigenvalue weighted by Crippen LogP contribution is -2.47. The Morgan fingerprint density at radius 2 is 2.00 bits per heavy atom. The predicted molar refractivity (Wildman–Crippen MR) is 98.0 cm³/mol. The maximum absolute atomic E-state index is 12.8. The Kier molecular flexibility index (Phi) is 7.33. The number of likely N-dealkylation sites (N-methyl/N-ethyl adjacent to an activating group) is 1. The van der Waals surface area contributed by atoms with Gasteiger partial charge in [-0.3, -0.25) is 4.79 Å². The van der Waals surface area contributed by atoms with Gasteiger partial charge < -0.3 is 9.64 Å². The third-order valence-corrected chi connectivity index (χ3v) is 6.54. The van der Waals surface area contributed by atoms with Crippen molar-refractivity contribution in [1.29, 1.82) is 0 Å². The van der Waals surface area contributed by atoms with E-state index >= 15 is 0 Å². The second-order valence-corrected chi connectivity index (χ2v) is 8.83. The van der Waals surface area contributed by atoms with E-state index in [1.54, 1.807) is 6.07 Å². The van der Waals surface area contributed by atoms with Gasteiger partial charge >= 0.3 is 6.36 Å². The fourth-order valence-electron chi connectivity index (χ4n) is 3.21. The molecule has 0 N–H and O–H groups in total. The van der Waals surface area contributed by atoms with Crippen molar-refractivity contribution in [2.24, 2.45) is 0 Å². The number of alkyl halides is 3. The van der Waals surface area contributed by atoms with E-state index in [-0.39, 0.29) is 30.2 Å². The average Bonchev–Trinajstić information content (AvgIpc) is 3.10. The van der Waals surface area contributed by atoms with Crippen LogP contribution in [0.5, 0.6) is 5.75 Å². The molecule has 1 aliphatic rings. The number of para-hydroxylation sites is 1. The van der Waals surface area contributed by atoms with Crippen molar-refractivity contribution in [3.05, 3.63) is 29.8 Å². The minimum absolute atomic E-state index is 0.0146. The van der Waals surface area contributed by atoms with Crippen LogP contribution < -0.4 is 4.74 Å². The Balaban J connectivity index is 2.13. The van der Waals surface area contributed by atoms with E-state index in [0.717, 1.165) is 6.42 Å².